The Morgan fingerprint density at radius 2 is 1.74 bits per heavy atom. The highest BCUT2D eigenvalue weighted by molar-refractivity contribution is 6.04. The number of hydrogen-bond acceptors (Lipinski definition) is 9. The second-order valence-corrected chi connectivity index (χ2v) is 13.9. The molecule has 47 heavy (non-hydrogen) atoms. The van der Waals surface area contributed by atoms with Crippen molar-refractivity contribution in [3.8, 4) is 5.75 Å². The van der Waals surface area contributed by atoms with E-state index in [1.165, 1.54) is 6.92 Å². The maximum atomic E-state index is 13.8. The first-order valence-corrected chi connectivity index (χ1v) is 16.2. The van der Waals surface area contributed by atoms with E-state index in [9.17, 15) is 19.5 Å². The van der Waals surface area contributed by atoms with Gasteiger partial charge >= 0.3 is 11.9 Å². The SMILES string of the molecule is C=C(C)[C@]12C[C@@H](C)[C@@]34O[C@](Cc5ccccc5)(O[C@@H]1[C@@H]3C=C(COC(=O)Cc1ccc(OC(C)=O)cc1)C[C@]1(O)C(=O)C(C)=C[C@H]41)O2. The summed E-state index contributed by atoms with van der Waals surface area (Å²) in [4.78, 5) is 38.0. The number of Topliss-reactive ketones (excluding diaryl/α,β-unsaturated/α-hetero) is 1. The lowest BCUT2D eigenvalue weighted by molar-refractivity contribution is -0.421. The number of hydrogen-bond donors (Lipinski definition) is 1. The molecule has 8 atom stereocenters. The van der Waals surface area contributed by atoms with Crippen molar-refractivity contribution < 1.29 is 43.2 Å². The fourth-order valence-electron chi connectivity index (χ4n) is 8.72. The minimum Gasteiger partial charge on any atom is -0.461 e. The van der Waals surface area contributed by atoms with Crippen LogP contribution in [-0.4, -0.2) is 58.3 Å². The minimum absolute atomic E-state index is 0.00597. The van der Waals surface area contributed by atoms with E-state index in [0.717, 1.165) is 11.1 Å². The fraction of sp³-hybridized carbons (Fsp3) is 0.447. The van der Waals surface area contributed by atoms with E-state index in [2.05, 4.69) is 13.5 Å². The van der Waals surface area contributed by atoms with E-state index in [1.807, 2.05) is 49.4 Å². The van der Waals surface area contributed by atoms with E-state index in [-0.39, 0.29) is 31.1 Å². The molecule has 9 heteroatoms. The Bertz CT molecular complexity index is 1710. The summed E-state index contributed by atoms with van der Waals surface area (Å²) < 4.78 is 31.7. The van der Waals surface area contributed by atoms with Gasteiger partial charge in [0, 0.05) is 25.2 Å². The van der Waals surface area contributed by atoms with Crippen molar-refractivity contribution in [2.75, 3.05) is 6.61 Å². The molecule has 2 saturated heterocycles. The van der Waals surface area contributed by atoms with Crippen molar-refractivity contribution in [3.63, 3.8) is 0 Å². The highest BCUT2D eigenvalue weighted by atomic mass is 16.9. The number of aliphatic hydroxyl groups is 1. The zero-order valence-electron chi connectivity index (χ0n) is 27.1. The third-order valence-electron chi connectivity index (χ3n) is 10.7. The molecule has 0 radical (unpaired) electrons. The van der Waals surface area contributed by atoms with Crippen molar-refractivity contribution in [2.24, 2.45) is 17.8 Å². The standard InChI is InChI=1S/C38H40O9/c1-22(2)36-18-24(4)38-30(34(36)45-37(46-36,47-38)20-27-9-7-6-8-10-27)16-28(19-35(42)31(38)15-23(3)33(35)41)21-43-32(40)17-26-11-13-29(14-12-26)44-25(5)39/h6-16,24,30-31,34,42H,1,17-21H2,2-5H3/t24-,30+,31+,34-,35-,36-,37-,38-/m1/s1. The van der Waals surface area contributed by atoms with Crippen molar-refractivity contribution >= 4 is 17.7 Å². The van der Waals surface area contributed by atoms with Crippen LogP contribution in [0.25, 0.3) is 0 Å². The number of carbonyl (C=O) groups is 3. The largest absolute Gasteiger partial charge is 0.461 e. The predicted molar refractivity (Wildman–Crippen MR) is 170 cm³/mol. The van der Waals surface area contributed by atoms with E-state index >= 15 is 0 Å². The summed E-state index contributed by atoms with van der Waals surface area (Å²) >= 11 is 0. The Morgan fingerprint density at radius 1 is 1.02 bits per heavy atom. The van der Waals surface area contributed by atoms with Crippen LogP contribution in [0.3, 0.4) is 0 Å². The Morgan fingerprint density at radius 3 is 2.43 bits per heavy atom. The molecule has 9 nitrogen and oxygen atoms in total. The van der Waals surface area contributed by atoms with Crippen LogP contribution in [0.1, 0.15) is 51.7 Å². The van der Waals surface area contributed by atoms with Gasteiger partial charge in [0.15, 0.2) is 5.78 Å². The first-order valence-electron chi connectivity index (χ1n) is 16.2. The van der Waals surface area contributed by atoms with E-state index in [0.29, 0.717) is 35.3 Å². The van der Waals surface area contributed by atoms with Gasteiger partial charge in [0.05, 0.1) is 18.4 Å². The second kappa shape index (κ2) is 11.1. The van der Waals surface area contributed by atoms with Crippen molar-refractivity contribution in [1.29, 1.82) is 0 Å². The van der Waals surface area contributed by atoms with Crippen LogP contribution in [0.2, 0.25) is 0 Å². The molecule has 7 rings (SSSR count). The summed E-state index contributed by atoms with van der Waals surface area (Å²) in [7, 11) is 0. The van der Waals surface area contributed by atoms with E-state index in [1.54, 1.807) is 31.2 Å². The average Bonchev–Trinajstić information content (AvgIpc) is 3.32. The van der Waals surface area contributed by atoms with Crippen LogP contribution in [0.5, 0.6) is 5.75 Å². The van der Waals surface area contributed by atoms with Gasteiger partial charge in [-0.15, -0.1) is 0 Å². The molecule has 2 aliphatic heterocycles. The highest BCUT2D eigenvalue weighted by Gasteiger charge is 2.79. The zero-order chi connectivity index (χ0) is 33.4. The van der Waals surface area contributed by atoms with Crippen molar-refractivity contribution in [2.45, 2.75) is 82.3 Å². The first kappa shape index (κ1) is 31.7. The smallest absolute Gasteiger partial charge is 0.310 e. The van der Waals surface area contributed by atoms with Crippen LogP contribution in [0, 0.1) is 17.8 Å². The molecule has 3 aliphatic carbocycles. The molecular weight excluding hydrogens is 600 g/mol. The van der Waals surface area contributed by atoms with Gasteiger partial charge in [0.1, 0.15) is 29.7 Å². The van der Waals surface area contributed by atoms with E-state index in [4.69, 9.17) is 23.7 Å². The average molecular weight is 641 g/mol. The predicted octanol–water partition coefficient (Wildman–Crippen LogP) is 4.96. The van der Waals surface area contributed by atoms with Gasteiger partial charge in [-0.25, -0.2) is 0 Å². The summed E-state index contributed by atoms with van der Waals surface area (Å²) in [5, 5.41) is 12.4. The molecule has 246 valence electrons. The normalized spacial score (nSPS) is 36.5. The summed E-state index contributed by atoms with van der Waals surface area (Å²) in [6, 6.07) is 16.5. The zero-order valence-corrected chi connectivity index (χ0v) is 27.1. The van der Waals surface area contributed by atoms with Crippen LogP contribution in [0.15, 0.2) is 90.0 Å². The lowest BCUT2D eigenvalue weighted by atomic mass is 9.55. The molecule has 5 aliphatic rings. The van der Waals surface area contributed by atoms with E-state index < -0.39 is 52.7 Å². The van der Waals surface area contributed by atoms with Gasteiger partial charge in [-0.1, -0.05) is 68.1 Å². The van der Waals surface area contributed by atoms with Gasteiger partial charge in [-0.2, -0.15) is 0 Å². The summed E-state index contributed by atoms with van der Waals surface area (Å²) in [6.07, 6.45) is 4.19. The van der Waals surface area contributed by atoms with Crippen LogP contribution < -0.4 is 4.74 Å². The molecule has 1 saturated carbocycles. The van der Waals surface area contributed by atoms with Gasteiger partial charge in [-0.05, 0) is 66.2 Å². The van der Waals surface area contributed by atoms with Crippen LogP contribution in [-0.2, 0) is 46.2 Å². The van der Waals surface area contributed by atoms with Crippen LogP contribution in [0.4, 0.5) is 0 Å². The molecule has 2 aromatic carbocycles. The number of ketones is 1. The summed E-state index contributed by atoms with van der Waals surface area (Å²) in [5.41, 5.74) is -0.155. The molecule has 3 fully saturated rings. The summed E-state index contributed by atoms with van der Waals surface area (Å²) in [6.45, 7) is 11.3. The number of carbonyl (C=O) groups excluding carboxylic acids is 3. The number of fused-ring (bicyclic) bond motifs is 2. The van der Waals surface area contributed by atoms with Gasteiger partial charge in [0.2, 0.25) is 0 Å². The lowest BCUT2D eigenvalue weighted by Crippen LogP contribution is -2.70. The molecule has 0 spiro atoms. The van der Waals surface area contributed by atoms with Crippen molar-refractivity contribution in [1.82, 2.24) is 0 Å². The number of ether oxygens (including phenoxy) is 5. The van der Waals surface area contributed by atoms with Gasteiger partial charge in [0.25, 0.3) is 5.97 Å². The minimum atomic E-state index is -1.80. The molecule has 0 amide bonds. The number of benzene rings is 2. The maximum absolute atomic E-state index is 13.8. The third-order valence-corrected chi connectivity index (χ3v) is 10.7. The Hall–Kier alpha value is -3.89. The topological polar surface area (TPSA) is 118 Å². The molecular formula is C38H40O9. The lowest BCUT2D eigenvalue weighted by Gasteiger charge is -2.59. The Kier molecular flexibility index (Phi) is 7.48. The summed E-state index contributed by atoms with van der Waals surface area (Å²) in [5.74, 6) is -3.61. The maximum Gasteiger partial charge on any atom is 0.310 e. The van der Waals surface area contributed by atoms with Gasteiger partial charge < -0.3 is 28.8 Å². The molecule has 0 unspecified atom stereocenters. The first-order chi connectivity index (χ1) is 22.3. The second-order valence-electron chi connectivity index (χ2n) is 13.9. The number of esters is 2. The number of rotatable bonds is 8. The van der Waals surface area contributed by atoms with Crippen LogP contribution >= 0.6 is 0 Å². The fourth-order valence-corrected chi connectivity index (χ4v) is 8.72. The Balaban J connectivity index is 1.23. The Labute approximate surface area is 274 Å². The monoisotopic (exact) mass is 640 g/mol. The third kappa shape index (κ3) is 4.94. The van der Waals surface area contributed by atoms with Crippen molar-refractivity contribution in [3.05, 3.63) is 101 Å². The molecule has 2 heterocycles. The highest BCUT2D eigenvalue weighted by Crippen LogP contribution is 2.68. The molecule has 0 aromatic heterocycles. The molecule has 3 bridgehead atoms. The van der Waals surface area contributed by atoms with Gasteiger partial charge in [-0.3, -0.25) is 14.4 Å². The molecule has 1 N–H and O–H groups in total. The quantitative estimate of drug-likeness (QED) is 0.243. The molecule has 2 aromatic rings.